The number of rotatable bonds is 3. The van der Waals surface area contributed by atoms with Crippen molar-refractivity contribution < 1.29 is 19.1 Å². The fourth-order valence-electron chi connectivity index (χ4n) is 2.51. The van der Waals surface area contributed by atoms with Crippen molar-refractivity contribution >= 4 is 23.2 Å². The van der Waals surface area contributed by atoms with Crippen molar-refractivity contribution in [3.05, 3.63) is 47.5 Å². The third kappa shape index (κ3) is 3.48. The molecule has 0 atom stereocenters. The molecule has 1 aliphatic heterocycles. The van der Waals surface area contributed by atoms with Crippen molar-refractivity contribution in [3.63, 3.8) is 0 Å². The third-order valence-corrected chi connectivity index (χ3v) is 3.57. The van der Waals surface area contributed by atoms with Crippen LogP contribution in [-0.4, -0.2) is 25.0 Å². The molecular weight excluding hydrogens is 308 g/mol. The van der Waals surface area contributed by atoms with Crippen molar-refractivity contribution in [1.29, 1.82) is 0 Å². The van der Waals surface area contributed by atoms with E-state index in [1.165, 1.54) is 6.92 Å². The van der Waals surface area contributed by atoms with E-state index in [2.05, 4.69) is 10.6 Å². The van der Waals surface area contributed by atoms with Gasteiger partial charge in [-0.1, -0.05) is 6.07 Å². The number of aryl methyl sites for hydroxylation is 1. The predicted molar refractivity (Wildman–Crippen MR) is 90.9 cm³/mol. The second-order valence-electron chi connectivity index (χ2n) is 5.53. The normalized spacial score (nSPS) is 12.4. The van der Waals surface area contributed by atoms with Crippen molar-refractivity contribution in [2.75, 3.05) is 23.8 Å². The Morgan fingerprint density at radius 1 is 0.958 bits per heavy atom. The zero-order valence-corrected chi connectivity index (χ0v) is 13.5. The molecule has 124 valence electrons. The van der Waals surface area contributed by atoms with Crippen molar-refractivity contribution in [3.8, 4) is 11.5 Å². The van der Waals surface area contributed by atoms with Gasteiger partial charge in [0.2, 0.25) is 5.91 Å². The van der Waals surface area contributed by atoms with E-state index in [-0.39, 0.29) is 11.8 Å². The maximum Gasteiger partial charge on any atom is 0.256 e. The first-order valence-corrected chi connectivity index (χ1v) is 7.62. The lowest BCUT2D eigenvalue weighted by Gasteiger charge is -2.20. The third-order valence-electron chi connectivity index (χ3n) is 3.57. The van der Waals surface area contributed by atoms with Crippen LogP contribution in [0.1, 0.15) is 22.8 Å². The molecule has 2 aromatic carbocycles. The highest BCUT2D eigenvalue weighted by molar-refractivity contribution is 6.06. The lowest BCUT2D eigenvalue weighted by atomic mass is 10.1. The molecule has 3 rings (SSSR count). The smallest absolute Gasteiger partial charge is 0.256 e. The molecule has 24 heavy (non-hydrogen) atoms. The van der Waals surface area contributed by atoms with Crippen LogP contribution in [0.4, 0.5) is 11.4 Å². The molecule has 6 nitrogen and oxygen atoms in total. The zero-order valence-electron chi connectivity index (χ0n) is 13.5. The molecule has 2 N–H and O–H groups in total. The topological polar surface area (TPSA) is 76.7 Å². The van der Waals surface area contributed by atoms with E-state index in [4.69, 9.17) is 9.47 Å². The van der Waals surface area contributed by atoms with E-state index in [1.54, 1.807) is 36.4 Å². The van der Waals surface area contributed by atoms with Gasteiger partial charge in [-0.15, -0.1) is 0 Å². The predicted octanol–water partition coefficient (Wildman–Crippen LogP) is 2.98. The molecule has 6 heteroatoms. The maximum absolute atomic E-state index is 12.6. The summed E-state index contributed by atoms with van der Waals surface area (Å²) in [7, 11) is 0. The molecule has 2 aromatic rings. The minimum Gasteiger partial charge on any atom is -0.486 e. The van der Waals surface area contributed by atoms with Crippen LogP contribution in [0.5, 0.6) is 11.5 Å². The van der Waals surface area contributed by atoms with E-state index in [0.29, 0.717) is 41.7 Å². The van der Waals surface area contributed by atoms with E-state index >= 15 is 0 Å². The highest BCUT2D eigenvalue weighted by Gasteiger charge is 2.18. The number of carbonyl (C=O) groups is 2. The van der Waals surface area contributed by atoms with Gasteiger partial charge in [0.1, 0.15) is 13.2 Å². The summed E-state index contributed by atoms with van der Waals surface area (Å²) >= 11 is 0. The Bertz CT molecular complexity index is 802. The van der Waals surface area contributed by atoms with E-state index in [9.17, 15) is 9.59 Å². The van der Waals surface area contributed by atoms with Gasteiger partial charge >= 0.3 is 0 Å². The minimum atomic E-state index is -0.246. The van der Waals surface area contributed by atoms with Gasteiger partial charge in [-0.05, 0) is 42.8 Å². The number of nitrogens with one attached hydrogen (secondary N) is 2. The van der Waals surface area contributed by atoms with Gasteiger partial charge in [-0.2, -0.15) is 0 Å². The Kier molecular flexibility index (Phi) is 4.37. The Morgan fingerprint density at radius 2 is 1.58 bits per heavy atom. The molecule has 1 heterocycles. The highest BCUT2D eigenvalue weighted by atomic mass is 16.6. The summed E-state index contributed by atoms with van der Waals surface area (Å²) in [5, 5.41) is 5.52. The molecule has 0 spiro atoms. The maximum atomic E-state index is 12.6. The number of carbonyl (C=O) groups excluding carboxylic acids is 2. The van der Waals surface area contributed by atoms with E-state index < -0.39 is 0 Å². The standard InChI is InChI=1S/C18H18N2O4/c1-11-8-16-17(24-7-6-23-16)10-15(11)18(22)20-14-5-3-4-13(9-14)19-12(2)21/h3-5,8-10H,6-7H2,1-2H3,(H,19,21)(H,20,22). The summed E-state index contributed by atoms with van der Waals surface area (Å²) in [5.74, 6) is 0.817. The van der Waals surface area contributed by atoms with Crippen molar-refractivity contribution in [2.45, 2.75) is 13.8 Å². The van der Waals surface area contributed by atoms with Gasteiger partial charge in [-0.3, -0.25) is 9.59 Å². The molecule has 0 radical (unpaired) electrons. The molecular formula is C18H18N2O4. The van der Waals surface area contributed by atoms with Crippen molar-refractivity contribution in [2.24, 2.45) is 0 Å². The van der Waals surface area contributed by atoms with Gasteiger partial charge in [0.15, 0.2) is 11.5 Å². The van der Waals surface area contributed by atoms with Crippen LogP contribution in [0, 0.1) is 6.92 Å². The summed E-state index contributed by atoms with van der Waals surface area (Å²) in [4.78, 5) is 23.7. The van der Waals surface area contributed by atoms with Crippen LogP contribution >= 0.6 is 0 Å². The molecule has 0 bridgehead atoms. The number of amides is 2. The van der Waals surface area contributed by atoms with Crippen LogP contribution in [0.15, 0.2) is 36.4 Å². The number of fused-ring (bicyclic) bond motifs is 1. The Balaban J connectivity index is 1.81. The first-order chi connectivity index (χ1) is 11.5. The second-order valence-corrected chi connectivity index (χ2v) is 5.53. The summed E-state index contributed by atoms with van der Waals surface area (Å²) < 4.78 is 11.0. The molecule has 0 unspecified atom stereocenters. The molecule has 0 saturated heterocycles. The fourth-order valence-corrected chi connectivity index (χ4v) is 2.51. The quantitative estimate of drug-likeness (QED) is 0.909. The first kappa shape index (κ1) is 15.9. The summed E-state index contributed by atoms with van der Waals surface area (Å²) in [6, 6.07) is 10.5. The largest absolute Gasteiger partial charge is 0.486 e. The lowest BCUT2D eigenvalue weighted by molar-refractivity contribution is -0.114. The average molecular weight is 326 g/mol. The summed E-state index contributed by atoms with van der Waals surface area (Å²) in [6.07, 6.45) is 0. The highest BCUT2D eigenvalue weighted by Crippen LogP contribution is 2.33. The monoisotopic (exact) mass is 326 g/mol. The summed E-state index contributed by atoms with van der Waals surface area (Å²) in [6.45, 7) is 4.26. The average Bonchev–Trinajstić information content (AvgIpc) is 2.53. The second kappa shape index (κ2) is 6.62. The van der Waals surface area contributed by atoms with E-state index in [0.717, 1.165) is 5.56 Å². The number of ether oxygens (including phenoxy) is 2. The fraction of sp³-hybridized carbons (Fsp3) is 0.222. The summed E-state index contributed by atoms with van der Waals surface area (Å²) in [5.41, 5.74) is 2.54. The minimum absolute atomic E-state index is 0.166. The van der Waals surface area contributed by atoms with Crippen LogP contribution in [-0.2, 0) is 4.79 Å². The zero-order chi connectivity index (χ0) is 17.1. The number of hydrogen-bond donors (Lipinski definition) is 2. The Hall–Kier alpha value is -3.02. The van der Waals surface area contributed by atoms with Crippen molar-refractivity contribution in [1.82, 2.24) is 0 Å². The van der Waals surface area contributed by atoms with Crippen LogP contribution < -0.4 is 20.1 Å². The number of anilines is 2. The van der Waals surface area contributed by atoms with Gasteiger partial charge in [0.05, 0.1) is 0 Å². The van der Waals surface area contributed by atoms with Gasteiger partial charge in [-0.25, -0.2) is 0 Å². The lowest BCUT2D eigenvalue weighted by Crippen LogP contribution is -2.18. The SMILES string of the molecule is CC(=O)Nc1cccc(NC(=O)c2cc3c(cc2C)OCCO3)c1. The van der Waals surface area contributed by atoms with Gasteiger partial charge in [0.25, 0.3) is 5.91 Å². The Labute approximate surface area is 139 Å². The van der Waals surface area contributed by atoms with Gasteiger partial charge in [0, 0.05) is 23.9 Å². The molecule has 0 saturated carbocycles. The first-order valence-electron chi connectivity index (χ1n) is 7.62. The van der Waals surface area contributed by atoms with Crippen LogP contribution in [0.3, 0.4) is 0 Å². The molecule has 0 aromatic heterocycles. The van der Waals surface area contributed by atoms with Crippen LogP contribution in [0.25, 0.3) is 0 Å². The van der Waals surface area contributed by atoms with Gasteiger partial charge < -0.3 is 20.1 Å². The molecule has 0 fully saturated rings. The number of hydrogen-bond acceptors (Lipinski definition) is 4. The Morgan fingerprint density at radius 3 is 2.25 bits per heavy atom. The molecule has 0 aliphatic carbocycles. The van der Waals surface area contributed by atoms with E-state index in [1.807, 2.05) is 6.92 Å². The molecule has 1 aliphatic rings. The molecule has 2 amide bonds. The number of benzene rings is 2. The van der Waals surface area contributed by atoms with Crippen LogP contribution in [0.2, 0.25) is 0 Å².